The molecule has 1 heterocycles. The standard InChI is InChI=1S/C17H28ClNS/c1-17(2,3)14-6-5-12(11-19-4)13(9-14)10-15-7-8-16(18)20-15/h7-8,12-14,19H,5-6,9-11H2,1-4H3. The Morgan fingerprint density at radius 3 is 2.55 bits per heavy atom. The van der Waals surface area contributed by atoms with Gasteiger partial charge in [0.05, 0.1) is 4.34 Å². The molecule has 0 saturated heterocycles. The lowest BCUT2D eigenvalue weighted by molar-refractivity contribution is 0.0984. The van der Waals surface area contributed by atoms with Crippen LogP contribution in [0.2, 0.25) is 4.34 Å². The first-order valence-electron chi connectivity index (χ1n) is 7.79. The van der Waals surface area contributed by atoms with Crippen LogP contribution in [0.15, 0.2) is 12.1 Å². The Hall–Kier alpha value is -0.0500. The lowest BCUT2D eigenvalue weighted by Gasteiger charge is -2.42. The van der Waals surface area contributed by atoms with Crippen LogP contribution in [-0.4, -0.2) is 13.6 Å². The molecule has 1 aromatic heterocycles. The summed E-state index contributed by atoms with van der Waals surface area (Å²) in [6, 6.07) is 4.25. The molecule has 1 saturated carbocycles. The van der Waals surface area contributed by atoms with Crippen molar-refractivity contribution in [2.24, 2.45) is 23.2 Å². The number of halogens is 1. The highest BCUT2D eigenvalue weighted by Gasteiger charge is 2.35. The second kappa shape index (κ2) is 6.81. The van der Waals surface area contributed by atoms with Crippen molar-refractivity contribution in [1.82, 2.24) is 5.32 Å². The Labute approximate surface area is 133 Å². The number of thiophene rings is 1. The van der Waals surface area contributed by atoms with E-state index in [2.05, 4.69) is 39.2 Å². The fraction of sp³-hybridized carbons (Fsp3) is 0.765. The molecule has 1 aromatic rings. The minimum absolute atomic E-state index is 0.440. The molecule has 0 radical (unpaired) electrons. The zero-order valence-corrected chi connectivity index (χ0v) is 14.8. The summed E-state index contributed by atoms with van der Waals surface area (Å²) in [5, 5.41) is 3.39. The van der Waals surface area contributed by atoms with Crippen LogP contribution in [0.25, 0.3) is 0 Å². The predicted molar refractivity (Wildman–Crippen MR) is 90.7 cm³/mol. The van der Waals surface area contributed by atoms with Gasteiger partial charge < -0.3 is 5.32 Å². The maximum Gasteiger partial charge on any atom is 0.0931 e. The van der Waals surface area contributed by atoms with Crippen LogP contribution < -0.4 is 5.32 Å². The Morgan fingerprint density at radius 1 is 1.25 bits per heavy atom. The van der Waals surface area contributed by atoms with Gasteiger partial charge in [0, 0.05) is 4.88 Å². The van der Waals surface area contributed by atoms with Crippen LogP contribution >= 0.6 is 22.9 Å². The van der Waals surface area contributed by atoms with Gasteiger partial charge in [-0.15, -0.1) is 11.3 Å². The van der Waals surface area contributed by atoms with E-state index < -0.39 is 0 Å². The van der Waals surface area contributed by atoms with Crippen molar-refractivity contribution in [3.05, 3.63) is 21.3 Å². The molecule has 114 valence electrons. The van der Waals surface area contributed by atoms with Crippen molar-refractivity contribution in [3.8, 4) is 0 Å². The summed E-state index contributed by atoms with van der Waals surface area (Å²) < 4.78 is 0.924. The van der Waals surface area contributed by atoms with Gasteiger partial charge in [0.25, 0.3) is 0 Å². The zero-order valence-electron chi connectivity index (χ0n) is 13.2. The third-order valence-corrected chi connectivity index (χ3v) is 6.18. The summed E-state index contributed by atoms with van der Waals surface area (Å²) in [6.45, 7) is 8.35. The summed E-state index contributed by atoms with van der Waals surface area (Å²) in [5.74, 6) is 2.48. The molecule has 0 aromatic carbocycles. The second-order valence-electron chi connectivity index (χ2n) is 7.36. The molecule has 1 nitrogen and oxygen atoms in total. The Bertz CT molecular complexity index is 421. The van der Waals surface area contributed by atoms with E-state index in [1.165, 1.54) is 30.6 Å². The molecule has 2 rings (SSSR count). The molecule has 0 spiro atoms. The first-order chi connectivity index (χ1) is 9.40. The van der Waals surface area contributed by atoms with Gasteiger partial charge >= 0.3 is 0 Å². The monoisotopic (exact) mass is 313 g/mol. The Morgan fingerprint density at radius 2 is 2.00 bits per heavy atom. The lowest BCUT2D eigenvalue weighted by Crippen LogP contribution is -2.36. The SMILES string of the molecule is CNCC1CCC(C(C)(C)C)CC1Cc1ccc(Cl)s1. The van der Waals surface area contributed by atoms with Crippen molar-refractivity contribution in [2.75, 3.05) is 13.6 Å². The molecule has 1 fully saturated rings. The highest BCUT2D eigenvalue weighted by molar-refractivity contribution is 7.16. The lowest BCUT2D eigenvalue weighted by atomic mass is 9.64. The zero-order chi connectivity index (χ0) is 14.8. The van der Waals surface area contributed by atoms with Gasteiger partial charge in [0.2, 0.25) is 0 Å². The Kier molecular flexibility index (Phi) is 5.56. The first-order valence-corrected chi connectivity index (χ1v) is 8.98. The normalized spacial score (nSPS) is 27.8. The maximum absolute atomic E-state index is 6.08. The first kappa shape index (κ1) is 16.3. The largest absolute Gasteiger partial charge is 0.319 e. The summed E-state index contributed by atoms with van der Waals surface area (Å²) in [5.41, 5.74) is 0.440. The molecule has 3 unspecified atom stereocenters. The van der Waals surface area contributed by atoms with Crippen LogP contribution in [-0.2, 0) is 6.42 Å². The maximum atomic E-state index is 6.08. The van der Waals surface area contributed by atoms with Crippen molar-refractivity contribution >= 4 is 22.9 Å². The highest BCUT2D eigenvalue weighted by Crippen LogP contribution is 2.44. The van der Waals surface area contributed by atoms with E-state index in [9.17, 15) is 0 Å². The number of rotatable bonds is 4. The van der Waals surface area contributed by atoms with Crippen molar-refractivity contribution in [1.29, 1.82) is 0 Å². The number of hydrogen-bond acceptors (Lipinski definition) is 2. The molecule has 3 heteroatoms. The number of hydrogen-bond donors (Lipinski definition) is 1. The minimum atomic E-state index is 0.440. The van der Waals surface area contributed by atoms with Crippen LogP contribution in [0, 0.1) is 23.2 Å². The van der Waals surface area contributed by atoms with Crippen LogP contribution in [0.1, 0.15) is 44.9 Å². The summed E-state index contributed by atoms with van der Waals surface area (Å²) >= 11 is 7.84. The van der Waals surface area contributed by atoms with E-state index in [1.54, 1.807) is 11.3 Å². The van der Waals surface area contributed by atoms with E-state index in [0.29, 0.717) is 5.41 Å². The van der Waals surface area contributed by atoms with E-state index >= 15 is 0 Å². The topological polar surface area (TPSA) is 12.0 Å². The smallest absolute Gasteiger partial charge is 0.0931 e. The van der Waals surface area contributed by atoms with Gasteiger partial charge in [-0.25, -0.2) is 0 Å². The van der Waals surface area contributed by atoms with Gasteiger partial charge in [0.15, 0.2) is 0 Å². The predicted octanol–water partition coefficient (Wildman–Crippen LogP) is 5.24. The molecule has 3 atom stereocenters. The van der Waals surface area contributed by atoms with Gasteiger partial charge in [-0.1, -0.05) is 32.4 Å². The molecule has 1 N–H and O–H groups in total. The van der Waals surface area contributed by atoms with Crippen LogP contribution in [0.5, 0.6) is 0 Å². The summed E-state index contributed by atoms with van der Waals surface area (Å²) in [4.78, 5) is 1.45. The minimum Gasteiger partial charge on any atom is -0.319 e. The average Bonchev–Trinajstić information content (AvgIpc) is 2.76. The highest BCUT2D eigenvalue weighted by atomic mass is 35.5. The van der Waals surface area contributed by atoms with Crippen molar-refractivity contribution in [3.63, 3.8) is 0 Å². The fourth-order valence-electron chi connectivity index (χ4n) is 3.61. The Balaban J connectivity index is 2.06. The quantitative estimate of drug-likeness (QED) is 0.801. The van der Waals surface area contributed by atoms with Gasteiger partial charge in [0.1, 0.15) is 0 Å². The van der Waals surface area contributed by atoms with Crippen molar-refractivity contribution in [2.45, 2.75) is 46.5 Å². The van der Waals surface area contributed by atoms with Crippen LogP contribution in [0.3, 0.4) is 0 Å². The van der Waals surface area contributed by atoms with Gasteiger partial charge in [-0.3, -0.25) is 0 Å². The van der Waals surface area contributed by atoms with E-state index in [-0.39, 0.29) is 0 Å². The molecular weight excluding hydrogens is 286 g/mol. The summed E-state index contributed by atoms with van der Waals surface area (Å²) in [6.07, 6.45) is 5.33. The third-order valence-electron chi connectivity index (χ3n) is 4.92. The van der Waals surface area contributed by atoms with E-state index in [4.69, 9.17) is 11.6 Å². The fourth-order valence-corrected chi connectivity index (χ4v) is 4.79. The van der Waals surface area contributed by atoms with Crippen LogP contribution in [0.4, 0.5) is 0 Å². The molecule has 1 aliphatic carbocycles. The molecule has 0 amide bonds. The average molecular weight is 314 g/mol. The van der Waals surface area contributed by atoms with E-state index in [1.807, 2.05) is 6.07 Å². The molecule has 0 aliphatic heterocycles. The van der Waals surface area contributed by atoms with Gasteiger partial charge in [-0.05, 0) is 74.6 Å². The third kappa shape index (κ3) is 4.22. The molecule has 20 heavy (non-hydrogen) atoms. The van der Waals surface area contributed by atoms with E-state index in [0.717, 1.165) is 28.6 Å². The van der Waals surface area contributed by atoms with Gasteiger partial charge in [-0.2, -0.15) is 0 Å². The second-order valence-corrected chi connectivity index (χ2v) is 9.16. The molecule has 0 bridgehead atoms. The summed E-state index contributed by atoms with van der Waals surface area (Å²) in [7, 11) is 2.08. The molecule has 1 aliphatic rings. The number of nitrogens with one attached hydrogen (secondary N) is 1. The molecular formula is C17H28ClNS. The van der Waals surface area contributed by atoms with Crippen molar-refractivity contribution < 1.29 is 0 Å².